The van der Waals surface area contributed by atoms with Crippen LogP contribution in [0.15, 0.2) is 54.6 Å². The summed E-state index contributed by atoms with van der Waals surface area (Å²) in [7, 11) is 1.50. The topological polar surface area (TPSA) is 38.8 Å². The third-order valence-corrected chi connectivity index (χ3v) is 4.13. The molecule has 3 rings (SSSR count). The number of nitrogens with zero attached hydrogens (tertiary/aromatic N) is 1. The molecule has 0 radical (unpaired) electrons. The van der Waals surface area contributed by atoms with E-state index in [1.807, 2.05) is 30.3 Å². The van der Waals surface area contributed by atoms with Gasteiger partial charge in [-0.25, -0.2) is 4.39 Å². The predicted molar refractivity (Wildman–Crippen MR) is 87.9 cm³/mol. The molecule has 24 heavy (non-hydrogen) atoms. The number of morpholine rings is 1. The Balaban J connectivity index is 1.85. The molecule has 0 bridgehead atoms. The molecule has 1 aliphatic rings. The first-order valence-electron chi connectivity index (χ1n) is 7.90. The van der Waals surface area contributed by atoms with Gasteiger partial charge in [0.05, 0.1) is 13.1 Å². The fraction of sp³-hybridized carbons (Fsp3) is 0.316. The lowest BCUT2D eigenvalue weighted by Crippen LogP contribution is -2.45. The van der Waals surface area contributed by atoms with Crippen molar-refractivity contribution in [1.82, 2.24) is 4.90 Å². The molecule has 5 heteroatoms. The van der Waals surface area contributed by atoms with Gasteiger partial charge in [0.2, 0.25) is 5.91 Å². The molecular weight excluding hydrogens is 309 g/mol. The van der Waals surface area contributed by atoms with Gasteiger partial charge in [0.15, 0.2) is 0 Å². The van der Waals surface area contributed by atoms with Crippen LogP contribution in [0.25, 0.3) is 0 Å². The minimum Gasteiger partial charge on any atom is -0.375 e. The van der Waals surface area contributed by atoms with Crippen molar-refractivity contribution in [1.29, 1.82) is 0 Å². The summed E-state index contributed by atoms with van der Waals surface area (Å²) in [5, 5.41) is 0. The smallest absolute Gasteiger partial charge is 0.248 e. The molecule has 0 N–H and O–H groups in total. The second kappa shape index (κ2) is 7.55. The van der Waals surface area contributed by atoms with E-state index in [2.05, 4.69) is 0 Å². The molecule has 1 aliphatic heterocycles. The number of benzene rings is 2. The lowest BCUT2D eigenvalue weighted by Gasteiger charge is -2.38. The zero-order chi connectivity index (χ0) is 16.9. The van der Waals surface area contributed by atoms with Crippen LogP contribution in [0.1, 0.15) is 23.3 Å². The van der Waals surface area contributed by atoms with Crippen LogP contribution < -0.4 is 0 Å². The Hall–Kier alpha value is -2.24. The highest BCUT2D eigenvalue weighted by Gasteiger charge is 2.32. The van der Waals surface area contributed by atoms with Crippen LogP contribution in [0.4, 0.5) is 4.39 Å². The monoisotopic (exact) mass is 329 g/mol. The maximum absolute atomic E-state index is 13.2. The molecule has 1 heterocycles. The lowest BCUT2D eigenvalue weighted by molar-refractivity contribution is -0.150. The lowest BCUT2D eigenvalue weighted by atomic mass is 10.0. The Morgan fingerprint density at radius 2 is 1.67 bits per heavy atom. The maximum atomic E-state index is 13.2. The Labute approximate surface area is 140 Å². The summed E-state index contributed by atoms with van der Waals surface area (Å²) in [5.74, 6) is -0.365. The molecule has 0 aliphatic carbocycles. The molecule has 126 valence electrons. The zero-order valence-corrected chi connectivity index (χ0v) is 13.5. The number of halogens is 1. The summed E-state index contributed by atoms with van der Waals surface area (Å²) in [4.78, 5) is 14.0. The number of rotatable bonds is 4. The summed E-state index contributed by atoms with van der Waals surface area (Å²) in [5.41, 5.74) is 1.87. The summed E-state index contributed by atoms with van der Waals surface area (Å²) in [6, 6.07) is 16.0. The first kappa shape index (κ1) is 16.6. The molecule has 2 atom stereocenters. The van der Waals surface area contributed by atoms with Gasteiger partial charge in [0.1, 0.15) is 24.6 Å². The van der Waals surface area contributed by atoms with Gasteiger partial charge < -0.3 is 14.4 Å². The largest absolute Gasteiger partial charge is 0.375 e. The van der Waals surface area contributed by atoms with Crippen molar-refractivity contribution in [3.63, 3.8) is 0 Å². The number of methoxy groups -OCH3 is 1. The minimum atomic E-state index is -0.301. The average Bonchev–Trinajstić information content (AvgIpc) is 2.63. The van der Waals surface area contributed by atoms with Gasteiger partial charge in [-0.3, -0.25) is 4.79 Å². The van der Waals surface area contributed by atoms with Crippen LogP contribution in [-0.4, -0.2) is 37.6 Å². The van der Waals surface area contributed by atoms with Gasteiger partial charge in [-0.2, -0.15) is 0 Å². The van der Waals surface area contributed by atoms with Crippen LogP contribution in [0.3, 0.4) is 0 Å². The van der Waals surface area contributed by atoms with Gasteiger partial charge in [-0.05, 0) is 23.3 Å². The summed E-state index contributed by atoms with van der Waals surface area (Å²) in [6.45, 7) is 0.943. The van der Waals surface area contributed by atoms with E-state index in [0.717, 1.165) is 11.1 Å². The number of hydrogen-bond donors (Lipinski definition) is 0. The molecule has 0 spiro atoms. The molecule has 1 saturated heterocycles. The van der Waals surface area contributed by atoms with E-state index in [4.69, 9.17) is 9.47 Å². The predicted octanol–water partition coefficient (Wildman–Crippen LogP) is 3.11. The molecule has 2 aromatic carbocycles. The third kappa shape index (κ3) is 3.80. The van der Waals surface area contributed by atoms with Crippen molar-refractivity contribution in [2.24, 2.45) is 0 Å². The van der Waals surface area contributed by atoms with E-state index in [0.29, 0.717) is 13.1 Å². The van der Waals surface area contributed by atoms with Crippen LogP contribution in [0.5, 0.6) is 0 Å². The summed E-state index contributed by atoms with van der Waals surface area (Å²) >= 11 is 0. The van der Waals surface area contributed by atoms with Crippen LogP contribution in [0.2, 0.25) is 0 Å². The maximum Gasteiger partial charge on any atom is 0.248 e. The number of hydrogen-bond acceptors (Lipinski definition) is 3. The van der Waals surface area contributed by atoms with Crippen molar-refractivity contribution in [3.05, 3.63) is 71.5 Å². The first-order valence-corrected chi connectivity index (χ1v) is 7.90. The quantitative estimate of drug-likeness (QED) is 0.865. The molecule has 1 amide bonds. The van der Waals surface area contributed by atoms with Crippen molar-refractivity contribution >= 4 is 5.91 Å². The molecule has 2 aromatic rings. The molecule has 1 fully saturated rings. The number of amides is 1. The van der Waals surface area contributed by atoms with Gasteiger partial charge in [0.25, 0.3) is 0 Å². The van der Waals surface area contributed by atoms with E-state index < -0.39 is 0 Å². The van der Waals surface area contributed by atoms with Crippen LogP contribution in [0, 0.1) is 5.82 Å². The summed E-state index contributed by atoms with van der Waals surface area (Å²) in [6.07, 6.45) is -0.527. The minimum absolute atomic E-state index is 0.0393. The van der Waals surface area contributed by atoms with Gasteiger partial charge in [-0.1, -0.05) is 42.5 Å². The van der Waals surface area contributed by atoms with Gasteiger partial charge in [0, 0.05) is 7.11 Å². The molecular formula is C19H20FNO3. The van der Waals surface area contributed by atoms with Crippen molar-refractivity contribution in [2.45, 2.75) is 12.2 Å². The highest BCUT2D eigenvalue weighted by Crippen LogP contribution is 2.33. The average molecular weight is 329 g/mol. The Morgan fingerprint density at radius 3 is 2.25 bits per heavy atom. The fourth-order valence-electron chi connectivity index (χ4n) is 2.89. The highest BCUT2D eigenvalue weighted by atomic mass is 19.1. The Bertz CT molecular complexity index is 675. The third-order valence-electron chi connectivity index (χ3n) is 4.13. The first-order chi connectivity index (χ1) is 11.7. The second-order valence-electron chi connectivity index (χ2n) is 5.81. The van der Waals surface area contributed by atoms with Crippen molar-refractivity contribution in [2.75, 3.05) is 26.8 Å². The number of carbonyl (C=O) groups is 1. The van der Waals surface area contributed by atoms with E-state index in [1.54, 1.807) is 17.0 Å². The molecule has 4 nitrogen and oxygen atoms in total. The zero-order valence-electron chi connectivity index (χ0n) is 13.5. The normalized spacial score (nSPS) is 20.8. The summed E-state index contributed by atoms with van der Waals surface area (Å²) < 4.78 is 24.4. The van der Waals surface area contributed by atoms with E-state index >= 15 is 0 Å². The molecule has 0 unspecified atom stereocenters. The van der Waals surface area contributed by atoms with E-state index in [-0.39, 0.29) is 30.5 Å². The Kier molecular flexibility index (Phi) is 5.23. The molecule has 0 aromatic heterocycles. The SMILES string of the molecule is COCC(=O)N1C[C@@H](c2ccccc2)O[C@@H](c2ccc(F)cc2)C1. The number of ether oxygens (including phenoxy) is 2. The second-order valence-corrected chi connectivity index (χ2v) is 5.81. The van der Waals surface area contributed by atoms with Gasteiger partial charge >= 0.3 is 0 Å². The highest BCUT2D eigenvalue weighted by molar-refractivity contribution is 5.77. The van der Waals surface area contributed by atoms with Crippen molar-refractivity contribution in [3.8, 4) is 0 Å². The van der Waals surface area contributed by atoms with E-state index in [1.165, 1.54) is 19.2 Å². The van der Waals surface area contributed by atoms with Crippen molar-refractivity contribution < 1.29 is 18.7 Å². The Morgan fingerprint density at radius 1 is 1.08 bits per heavy atom. The van der Waals surface area contributed by atoms with Crippen LogP contribution in [-0.2, 0) is 14.3 Å². The fourth-order valence-corrected chi connectivity index (χ4v) is 2.89. The number of carbonyl (C=O) groups excluding carboxylic acids is 1. The standard InChI is InChI=1S/C19H20FNO3/c1-23-13-19(22)21-11-17(14-5-3-2-4-6-14)24-18(12-21)15-7-9-16(20)10-8-15/h2-10,17-18H,11-13H2,1H3/t17-,18+/m0/s1. The van der Waals surface area contributed by atoms with E-state index in [9.17, 15) is 9.18 Å². The van der Waals surface area contributed by atoms with Gasteiger partial charge in [-0.15, -0.1) is 0 Å². The molecule has 0 saturated carbocycles. The van der Waals surface area contributed by atoms with Crippen LogP contribution >= 0.6 is 0 Å².